The van der Waals surface area contributed by atoms with Crippen molar-refractivity contribution >= 4 is 22.6 Å². The van der Waals surface area contributed by atoms with Crippen molar-refractivity contribution in [2.75, 3.05) is 26.7 Å². The highest BCUT2D eigenvalue weighted by Gasteiger charge is 2.15. The van der Waals surface area contributed by atoms with Crippen LogP contribution in [0.25, 0.3) is 11.0 Å². The van der Waals surface area contributed by atoms with E-state index in [1.54, 1.807) is 26.6 Å². The smallest absolute Gasteiger partial charge is 0.111 e. The lowest BCUT2D eigenvalue weighted by Gasteiger charge is -2.17. The molecule has 1 unspecified atom stereocenters. The highest BCUT2D eigenvalue weighted by Crippen LogP contribution is 2.17. The third-order valence-electron chi connectivity index (χ3n) is 3.02. The topological polar surface area (TPSA) is 49.2 Å². The van der Waals surface area contributed by atoms with Gasteiger partial charge >= 0.3 is 0 Å². The summed E-state index contributed by atoms with van der Waals surface area (Å²) in [7, 11) is 3.35. The van der Waals surface area contributed by atoms with Gasteiger partial charge in [0.2, 0.25) is 0 Å². The maximum Gasteiger partial charge on any atom is 0.111 e. The molecule has 0 aromatic carbocycles. The Bertz CT molecular complexity index is 530. The third-order valence-corrected chi connectivity index (χ3v) is 3.21. The number of halogens is 1. The fourth-order valence-corrected chi connectivity index (χ4v) is 2.26. The molecule has 2 aromatic heterocycles. The van der Waals surface area contributed by atoms with Crippen LogP contribution in [0.4, 0.5) is 0 Å². The number of aryl methyl sites for hydroxylation is 1. The van der Waals surface area contributed by atoms with E-state index in [4.69, 9.17) is 21.1 Å². The number of hydrogen-bond acceptors (Lipinski definition) is 4. The highest BCUT2D eigenvalue weighted by atomic mass is 35.5. The molecule has 0 amide bonds. The van der Waals surface area contributed by atoms with Crippen molar-refractivity contribution < 1.29 is 9.47 Å². The van der Waals surface area contributed by atoms with Crippen molar-refractivity contribution in [3.8, 4) is 0 Å². The van der Waals surface area contributed by atoms with Gasteiger partial charge in [0.1, 0.15) is 11.3 Å². The van der Waals surface area contributed by atoms with Crippen LogP contribution < -0.4 is 0 Å². The van der Waals surface area contributed by atoms with Crippen molar-refractivity contribution in [2.45, 2.75) is 19.1 Å². The molecule has 0 saturated carbocycles. The van der Waals surface area contributed by atoms with Crippen LogP contribution in [0, 0.1) is 0 Å². The van der Waals surface area contributed by atoms with Crippen LogP contribution in [-0.2, 0) is 22.4 Å². The van der Waals surface area contributed by atoms with Crippen LogP contribution >= 0.6 is 11.6 Å². The number of imidazole rings is 1. The van der Waals surface area contributed by atoms with Crippen LogP contribution in [0.5, 0.6) is 0 Å². The fourth-order valence-electron chi connectivity index (χ4n) is 2.10. The van der Waals surface area contributed by atoms with Gasteiger partial charge in [-0.3, -0.25) is 4.98 Å². The van der Waals surface area contributed by atoms with Crippen LogP contribution in [0.15, 0.2) is 18.5 Å². The summed E-state index contributed by atoms with van der Waals surface area (Å²) >= 11 is 5.84. The van der Waals surface area contributed by atoms with Gasteiger partial charge in [-0.15, -0.1) is 11.6 Å². The first kappa shape index (κ1) is 14.2. The van der Waals surface area contributed by atoms with Crippen molar-refractivity contribution in [3.05, 3.63) is 24.3 Å². The standard InChI is InChI=1S/C13H18ClN3O2/c1-18-9-10(19-2)8-17-12-4-6-15-7-11(12)16-13(17)3-5-14/h4,6-7,10H,3,5,8-9H2,1-2H3. The average Bonchev–Trinajstić information content (AvgIpc) is 2.77. The highest BCUT2D eigenvalue weighted by molar-refractivity contribution is 6.17. The van der Waals surface area contributed by atoms with E-state index < -0.39 is 0 Å². The Morgan fingerprint density at radius 3 is 2.95 bits per heavy atom. The summed E-state index contributed by atoms with van der Waals surface area (Å²) in [6.07, 6.45) is 4.24. The minimum Gasteiger partial charge on any atom is -0.382 e. The summed E-state index contributed by atoms with van der Waals surface area (Å²) in [6.45, 7) is 1.23. The summed E-state index contributed by atoms with van der Waals surface area (Å²) in [6, 6.07) is 1.96. The molecule has 2 rings (SSSR count). The second-order valence-corrected chi connectivity index (χ2v) is 4.63. The molecule has 0 fully saturated rings. The molecule has 1 atom stereocenters. The number of fused-ring (bicyclic) bond motifs is 1. The molecule has 0 aliphatic carbocycles. The average molecular weight is 284 g/mol. The van der Waals surface area contributed by atoms with Crippen LogP contribution in [0.1, 0.15) is 5.82 Å². The Labute approximate surface area is 117 Å². The molecular formula is C13H18ClN3O2. The van der Waals surface area contributed by atoms with Gasteiger partial charge in [0.05, 0.1) is 31.0 Å². The monoisotopic (exact) mass is 283 g/mol. The minimum absolute atomic E-state index is 0.00959. The van der Waals surface area contributed by atoms with Crippen molar-refractivity contribution in [1.29, 1.82) is 0 Å². The Morgan fingerprint density at radius 2 is 2.26 bits per heavy atom. The molecule has 19 heavy (non-hydrogen) atoms. The summed E-state index contributed by atoms with van der Waals surface area (Å²) in [4.78, 5) is 8.67. The second-order valence-electron chi connectivity index (χ2n) is 4.26. The van der Waals surface area contributed by atoms with Gasteiger partial charge in [-0.25, -0.2) is 4.98 Å². The Kier molecular flexibility index (Phi) is 5.13. The number of aromatic nitrogens is 3. The largest absolute Gasteiger partial charge is 0.382 e. The number of hydrogen-bond donors (Lipinski definition) is 0. The van der Waals surface area contributed by atoms with E-state index >= 15 is 0 Å². The number of nitrogens with zero attached hydrogens (tertiary/aromatic N) is 3. The van der Waals surface area contributed by atoms with Crippen LogP contribution in [0.3, 0.4) is 0 Å². The molecule has 2 heterocycles. The summed E-state index contributed by atoms with van der Waals surface area (Å²) in [5, 5.41) is 0. The van der Waals surface area contributed by atoms with Gasteiger partial charge in [-0.1, -0.05) is 0 Å². The maximum absolute atomic E-state index is 5.84. The van der Waals surface area contributed by atoms with Gasteiger partial charge in [0.15, 0.2) is 0 Å². The molecule has 0 N–H and O–H groups in total. The Balaban J connectivity index is 2.35. The zero-order valence-electron chi connectivity index (χ0n) is 11.2. The predicted octanol–water partition coefficient (Wildman–Crippen LogP) is 1.87. The van der Waals surface area contributed by atoms with E-state index in [9.17, 15) is 0 Å². The van der Waals surface area contributed by atoms with Gasteiger partial charge in [-0.05, 0) is 6.07 Å². The van der Waals surface area contributed by atoms with E-state index in [0.717, 1.165) is 23.3 Å². The molecular weight excluding hydrogens is 266 g/mol. The van der Waals surface area contributed by atoms with Gasteiger partial charge in [0, 0.05) is 32.7 Å². The van der Waals surface area contributed by atoms with Gasteiger partial charge in [-0.2, -0.15) is 0 Å². The first-order chi connectivity index (χ1) is 9.30. The zero-order chi connectivity index (χ0) is 13.7. The molecule has 0 saturated heterocycles. The fraction of sp³-hybridized carbons (Fsp3) is 0.538. The molecule has 5 nitrogen and oxygen atoms in total. The quantitative estimate of drug-likeness (QED) is 0.728. The summed E-state index contributed by atoms with van der Waals surface area (Å²) in [5.41, 5.74) is 1.93. The summed E-state index contributed by atoms with van der Waals surface area (Å²) in [5.74, 6) is 1.50. The van der Waals surface area contributed by atoms with E-state index in [0.29, 0.717) is 19.0 Å². The van der Waals surface area contributed by atoms with E-state index in [1.807, 2.05) is 6.07 Å². The van der Waals surface area contributed by atoms with Crippen molar-refractivity contribution in [3.63, 3.8) is 0 Å². The number of rotatable bonds is 7. The van der Waals surface area contributed by atoms with Gasteiger partial charge < -0.3 is 14.0 Å². The second kappa shape index (κ2) is 6.84. The molecule has 104 valence electrons. The molecule has 6 heteroatoms. The number of alkyl halides is 1. The zero-order valence-corrected chi connectivity index (χ0v) is 11.9. The first-order valence-corrected chi connectivity index (χ1v) is 6.70. The lowest BCUT2D eigenvalue weighted by molar-refractivity contribution is 0.0186. The van der Waals surface area contributed by atoms with E-state index in [-0.39, 0.29) is 6.10 Å². The maximum atomic E-state index is 5.84. The van der Waals surface area contributed by atoms with E-state index in [2.05, 4.69) is 14.5 Å². The summed E-state index contributed by atoms with van der Waals surface area (Å²) < 4.78 is 12.7. The Hall–Kier alpha value is -1.17. The van der Waals surface area contributed by atoms with Crippen molar-refractivity contribution in [1.82, 2.24) is 14.5 Å². The molecule has 0 bridgehead atoms. The molecule has 2 aromatic rings. The number of pyridine rings is 1. The first-order valence-electron chi connectivity index (χ1n) is 6.17. The molecule has 0 radical (unpaired) electrons. The lowest BCUT2D eigenvalue weighted by atomic mass is 10.3. The molecule has 0 spiro atoms. The van der Waals surface area contributed by atoms with Crippen LogP contribution in [0.2, 0.25) is 0 Å². The molecule has 0 aliphatic heterocycles. The Morgan fingerprint density at radius 1 is 1.42 bits per heavy atom. The normalized spacial score (nSPS) is 13.0. The number of ether oxygens (including phenoxy) is 2. The third kappa shape index (κ3) is 3.23. The predicted molar refractivity (Wildman–Crippen MR) is 74.6 cm³/mol. The lowest BCUT2D eigenvalue weighted by Crippen LogP contribution is -2.24. The van der Waals surface area contributed by atoms with Crippen LogP contribution in [-0.4, -0.2) is 47.3 Å². The minimum atomic E-state index is -0.00959. The van der Waals surface area contributed by atoms with Gasteiger partial charge in [0.25, 0.3) is 0 Å². The van der Waals surface area contributed by atoms with Crippen molar-refractivity contribution in [2.24, 2.45) is 0 Å². The number of methoxy groups -OCH3 is 2. The van der Waals surface area contributed by atoms with E-state index in [1.165, 1.54) is 0 Å². The SMILES string of the molecule is COCC(Cn1c(CCCl)nc2cnccc21)OC. The molecule has 0 aliphatic rings.